The summed E-state index contributed by atoms with van der Waals surface area (Å²) in [7, 11) is -1.62. The van der Waals surface area contributed by atoms with E-state index in [2.05, 4.69) is 4.98 Å². The van der Waals surface area contributed by atoms with Gasteiger partial charge in [-0.1, -0.05) is 0 Å². The maximum absolute atomic E-state index is 11.7. The van der Waals surface area contributed by atoms with E-state index in [1.165, 1.54) is 10.6 Å². The van der Waals surface area contributed by atoms with Crippen LogP contribution in [0.25, 0.3) is 0 Å². The van der Waals surface area contributed by atoms with E-state index in [1.54, 1.807) is 13.4 Å². The van der Waals surface area contributed by atoms with E-state index in [-0.39, 0.29) is 12.1 Å². The summed E-state index contributed by atoms with van der Waals surface area (Å²) in [5, 5.41) is 0. The molecule has 20 heavy (non-hydrogen) atoms. The number of aryl methyl sites for hydroxylation is 2. The predicted octanol–water partition coefficient (Wildman–Crippen LogP) is 1.27. The van der Waals surface area contributed by atoms with Crippen molar-refractivity contribution in [3.05, 3.63) is 18.2 Å². The number of rotatable bonds is 8. The molecule has 0 bridgehead atoms. The van der Waals surface area contributed by atoms with Crippen LogP contribution in [-0.4, -0.2) is 54.3 Å². The monoisotopic (exact) mass is 303 g/mol. The summed E-state index contributed by atoms with van der Waals surface area (Å²) in [6.07, 6.45) is 5.70. The van der Waals surface area contributed by atoms with E-state index in [1.807, 2.05) is 31.5 Å². The molecule has 0 aliphatic heterocycles. The molecule has 1 aromatic heterocycles. The van der Waals surface area contributed by atoms with Gasteiger partial charge >= 0.3 is 0 Å². The number of ether oxygens (including phenoxy) is 1. The molecule has 1 atom stereocenters. The Morgan fingerprint density at radius 3 is 2.55 bits per heavy atom. The molecule has 0 radical (unpaired) electrons. The molecule has 6 nitrogen and oxygen atoms in total. The molecule has 0 fully saturated rings. The summed E-state index contributed by atoms with van der Waals surface area (Å²) in [6.45, 7) is 6.92. The third-order valence-corrected chi connectivity index (χ3v) is 4.49. The number of hydrogen-bond acceptors (Lipinski definition) is 4. The fourth-order valence-electron chi connectivity index (χ4n) is 1.84. The van der Waals surface area contributed by atoms with Gasteiger partial charge in [-0.25, -0.2) is 13.4 Å². The van der Waals surface area contributed by atoms with Crippen molar-refractivity contribution >= 4 is 10.0 Å². The van der Waals surface area contributed by atoms with E-state index in [9.17, 15) is 8.42 Å². The fraction of sp³-hybridized carbons (Fsp3) is 0.769. The Bertz CT molecular complexity index is 511. The molecular weight excluding hydrogens is 278 g/mol. The molecule has 116 valence electrons. The molecule has 1 heterocycles. The third kappa shape index (κ3) is 5.60. The molecule has 0 aromatic carbocycles. The van der Waals surface area contributed by atoms with Gasteiger partial charge in [0, 0.05) is 25.8 Å². The van der Waals surface area contributed by atoms with Gasteiger partial charge in [0.05, 0.1) is 31.0 Å². The first kappa shape index (κ1) is 17.1. The molecule has 0 amide bonds. The lowest BCUT2D eigenvalue weighted by Gasteiger charge is -2.27. The van der Waals surface area contributed by atoms with Crippen LogP contribution in [0.4, 0.5) is 0 Å². The lowest BCUT2D eigenvalue weighted by Crippen LogP contribution is -2.40. The Morgan fingerprint density at radius 2 is 2.10 bits per heavy atom. The number of likely N-dealkylation sites (N-methyl/N-ethyl adjacent to an activating group) is 1. The van der Waals surface area contributed by atoms with E-state index >= 15 is 0 Å². The maximum Gasteiger partial charge on any atom is 0.211 e. The molecule has 0 aliphatic rings. The van der Waals surface area contributed by atoms with Gasteiger partial charge in [0.25, 0.3) is 0 Å². The van der Waals surface area contributed by atoms with Gasteiger partial charge in [-0.15, -0.1) is 0 Å². The first-order chi connectivity index (χ1) is 9.20. The first-order valence-corrected chi connectivity index (χ1v) is 8.58. The lowest BCUT2D eigenvalue weighted by molar-refractivity contribution is 0.0455. The van der Waals surface area contributed by atoms with Crippen LogP contribution in [0.15, 0.2) is 12.5 Å². The van der Waals surface area contributed by atoms with Crippen molar-refractivity contribution in [2.75, 3.05) is 19.9 Å². The second-order valence-electron chi connectivity index (χ2n) is 5.36. The highest BCUT2D eigenvalue weighted by atomic mass is 32.2. The zero-order chi connectivity index (χ0) is 15.3. The zero-order valence-corrected chi connectivity index (χ0v) is 13.7. The quantitative estimate of drug-likeness (QED) is 0.725. The number of sulfonamides is 1. The number of nitrogens with zero attached hydrogens (tertiary/aromatic N) is 3. The molecule has 0 aliphatic carbocycles. The average molecular weight is 303 g/mol. The largest absolute Gasteiger partial charge is 0.377 e. The van der Waals surface area contributed by atoms with Gasteiger partial charge in [-0.05, 0) is 27.2 Å². The second-order valence-corrected chi connectivity index (χ2v) is 7.40. The van der Waals surface area contributed by atoms with Crippen LogP contribution in [0, 0.1) is 6.92 Å². The molecule has 7 heteroatoms. The number of aromatic nitrogens is 2. The molecule has 0 N–H and O–H groups in total. The second kappa shape index (κ2) is 7.19. The normalized spacial score (nSPS) is 14.2. The van der Waals surface area contributed by atoms with E-state index < -0.39 is 10.0 Å². The van der Waals surface area contributed by atoms with Gasteiger partial charge < -0.3 is 9.30 Å². The van der Waals surface area contributed by atoms with Crippen molar-refractivity contribution in [2.45, 2.75) is 45.9 Å². The molecule has 1 unspecified atom stereocenters. The van der Waals surface area contributed by atoms with Crippen LogP contribution in [0.1, 0.15) is 26.0 Å². The van der Waals surface area contributed by atoms with Crippen LogP contribution in [-0.2, 0) is 21.3 Å². The van der Waals surface area contributed by atoms with E-state index in [0.29, 0.717) is 19.6 Å². The van der Waals surface area contributed by atoms with Crippen LogP contribution < -0.4 is 0 Å². The minimum Gasteiger partial charge on any atom is -0.377 e. The summed E-state index contributed by atoms with van der Waals surface area (Å²) in [4.78, 5) is 4.16. The molecule has 0 saturated carbocycles. The average Bonchev–Trinajstić information content (AvgIpc) is 2.73. The van der Waals surface area contributed by atoms with Gasteiger partial charge in [0.2, 0.25) is 10.0 Å². The highest BCUT2D eigenvalue weighted by Gasteiger charge is 2.23. The Labute approximate surface area is 121 Å². The first-order valence-electron chi connectivity index (χ1n) is 6.73. The van der Waals surface area contributed by atoms with Crippen LogP contribution in [0.5, 0.6) is 0 Å². The molecule has 1 rings (SSSR count). The Morgan fingerprint density at radius 1 is 1.45 bits per heavy atom. The van der Waals surface area contributed by atoms with Crippen LogP contribution in [0.3, 0.4) is 0 Å². The Hall–Kier alpha value is -0.920. The summed E-state index contributed by atoms with van der Waals surface area (Å²) in [6, 6.07) is -0.171. The van der Waals surface area contributed by atoms with Crippen molar-refractivity contribution in [3.63, 3.8) is 0 Å². The number of imidazole rings is 1. The minimum absolute atomic E-state index is 0.0842. The van der Waals surface area contributed by atoms with Crippen molar-refractivity contribution in [1.29, 1.82) is 0 Å². The molecule has 0 spiro atoms. The van der Waals surface area contributed by atoms with E-state index in [4.69, 9.17) is 4.74 Å². The Balaban J connectivity index is 2.66. The van der Waals surface area contributed by atoms with Gasteiger partial charge in [0.15, 0.2) is 0 Å². The number of hydrogen-bond donors (Lipinski definition) is 0. The molecule has 0 saturated heterocycles. The van der Waals surface area contributed by atoms with Crippen molar-refractivity contribution in [2.24, 2.45) is 0 Å². The summed E-state index contributed by atoms with van der Waals surface area (Å²) >= 11 is 0. The maximum atomic E-state index is 11.7. The Kier molecular flexibility index (Phi) is 6.16. The molecular formula is C13H25N3O3S. The fourth-order valence-corrected chi connectivity index (χ4v) is 2.54. The van der Waals surface area contributed by atoms with Crippen molar-refractivity contribution in [3.8, 4) is 0 Å². The van der Waals surface area contributed by atoms with Crippen LogP contribution >= 0.6 is 0 Å². The van der Waals surface area contributed by atoms with Gasteiger partial charge in [0.1, 0.15) is 0 Å². The zero-order valence-electron chi connectivity index (χ0n) is 12.9. The lowest BCUT2D eigenvalue weighted by atomic mass is 10.2. The SMILES string of the molecule is Cc1cn(CCC(COC(C)C)N(C)S(C)(=O)=O)cn1. The topological polar surface area (TPSA) is 64.4 Å². The smallest absolute Gasteiger partial charge is 0.211 e. The standard InChI is InChI=1S/C13H25N3O3S/c1-11(2)19-9-13(15(4)20(5,17)18)6-7-16-8-12(3)14-10-16/h8,10-11,13H,6-7,9H2,1-5H3. The summed E-state index contributed by atoms with van der Waals surface area (Å²) < 4.78 is 32.3. The highest BCUT2D eigenvalue weighted by Crippen LogP contribution is 2.10. The van der Waals surface area contributed by atoms with Gasteiger partial charge in [-0.3, -0.25) is 0 Å². The molecule has 1 aromatic rings. The predicted molar refractivity (Wildman–Crippen MR) is 79.1 cm³/mol. The highest BCUT2D eigenvalue weighted by molar-refractivity contribution is 7.88. The van der Waals surface area contributed by atoms with E-state index in [0.717, 1.165) is 5.69 Å². The van der Waals surface area contributed by atoms with Crippen LogP contribution in [0.2, 0.25) is 0 Å². The van der Waals surface area contributed by atoms with Gasteiger partial charge in [-0.2, -0.15) is 4.31 Å². The minimum atomic E-state index is -3.22. The van der Waals surface area contributed by atoms with Crippen molar-refractivity contribution < 1.29 is 13.2 Å². The summed E-state index contributed by atoms with van der Waals surface area (Å²) in [5.74, 6) is 0. The third-order valence-electron chi connectivity index (χ3n) is 3.14. The summed E-state index contributed by atoms with van der Waals surface area (Å²) in [5.41, 5.74) is 0.955. The van der Waals surface area contributed by atoms with Crippen molar-refractivity contribution in [1.82, 2.24) is 13.9 Å².